The highest BCUT2D eigenvalue weighted by atomic mass is 16.5. The molecule has 0 aromatic rings. The first-order valence-electron chi connectivity index (χ1n) is 27.6. The fourth-order valence-electron chi connectivity index (χ4n) is 8.45. The number of unbranched alkanes of at least 4 members (excludes halogenated alkanes) is 38. The van der Waals surface area contributed by atoms with Crippen LogP contribution < -0.4 is 5.32 Å². The summed E-state index contributed by atoms with van der Waals surface area (Å²) in [6.07, 6.45) is 61.8. The first kappa shape index (κ1) is 60.3. The largest absolute Gasteiger partial charge is 0.466 e. The predicted octanol–water partition coefficient (Wildman–Crippen LogP) is 16.7. The minimum atomic E-state index is -0.854. The molecule has 6 nitrogen and oxygen atoms in total. The van der Waals surface area contributed by atoms with Crippen LogP contribution in [0.2, 0.25) is 0 Å². The number of carbonyl (C=O) groups excluding carboxylic acids is 2. The molecule has 3 N–H and O–H groups in total. The number of hydrogen-bond donors (Lipinski definition) is 3. The Kier molecular flexibility index (Phi) is 50.6. The van der Waals surface area contributed by atoms with Crippen LogP contribution in [0.3, 0.4) is 0 Å². The lowest BCUT2D eigenvalue weighted by molar-refractivity contribution is -0.143. The number of nitrogens with one attached hydrogen (secondary N) is 1. The molecular weight excluding hydrogens is 767 g/mol. The molecule has 0 aliphatic rings. The van der Waals surface area contributed by atoms with Crippen LogP contribution in [0.5, 0.6) is 0 Å². The smallest absolute Gasteiger partial charge is 0.305 e. The van der Waals surface area contributed by atoms with Crippen LogP contribution in [0.25, 0.3) is 0 Å². The molecule has 366 valence electrons. The topological polar surface area (TPSA) is 95.9 Å². The van der Waals surface area contributed by atoms with Crippen molar-refractivity contribution in [3.8, 4) is 0 Å². The van der Waals surface area contributed by atoms with Gasteiger partial charge in [0.25, 0.3) is 0 Å². The third kappa shape index (κ3) is 47.8. The Bertz CT molecular complexity index is 966. The van der Waals surface area contributed by atoms with Gasteiger partial charge >= 0.3 is 5.97 Å². The van der Waals surface area contributed by atoms with E-state index < -0.39 is 12.1 Å². The zero-order valence-corrected chi connectivity index (χ0v) is 41.6. The van der Waals surface area contributed by atoms with Crippen molar-refractivity contribution in [1.82, 2.24) is 5.32 Å². The van der Waals surface area contributed by atoms with Crippen LogP contribution in [-0.4, -0.2) is 47.4 Å². The summed E-state index contributed by atoms with van der Waals surface area (Å²) in [6, 6.07) is -0.639. The number of aliphatic hydroxyl groups excluding tert-OH is 2. The van der Waals surface area contributed by atoms with Crippen LogP contribution in [0.15, 0.2) is 24.3 Å². The van der Waals surface area contributed by atoms with Crippen molar-refractivity contribution in [3.05, 3.63) is 24.3 Å². The Balaban J connectivity index is 3.51. The lowest BCUT2D eigenvalue weighted by atomic mass is 10.0. The molecule has 0 saturated heterocycles. The number of hydrogen-bond acceptors (Lipinski definition) is 5. The second kappa shape index (κ2) is 52.0. The molecule has 0 saturated carbocycles. The third-order valence-corrected chi connectivity index (χ3v) is 12.7. The first-order chi connectivity index (χ1) is 30.5. The van der Waals surface area contributed by atoms with Gasteiger partial charge in [-0.05, 0) is 57.8 Å². The van der Waals surface area contributed by atoms with Gasteiger partial charge in [0.1, 0.15) is 0 Å². The van der Waals surface area contributed by atoms with Crippen molar-refractivity contribution in [2.45, 2.75) is 309 Å². The molecule has 0 aromatic carbocycles. The number of allylic oxidation sites excluding steroid dienone is 3. The van der Waals surface area contributed by atoms with E-state index >= 15 is 0 Å². The predicted molar refractivity (Wildman–Crippen MR) is 269 cm³/mol. The van der Waals surface area contributed by atoms with Crippen molar-refractivity contribution < 1.29 is 24.5 Å². The second-order valence-corrected chi connectivity index (χ2v) is 18.9. The average molecular weight is 874 g/mol. The van der Waals surface area contributed by atoms with Crippen LogP contribution >= 0.6 is 0 Å². The highest BCUT2D eigenvalue weighted by molar-refractivity contribution is 5.76. The second-order valence-electron chi connectivity index (χ2n) is 18.9. The van der Waals surface area contributed by atoms with Crippen molar-refractivity contribution in [3.63, 3.8) is 0 Å². The standard InChI is InChI=1S/C56H107NO5/c1-3-5-7-9-11-13-15-17-18-19-20-22-25-28-32-36-40-44-48-54(59)53(52-58)57-55(60)49-45-41-37-33-29-26-23-21-24-27-31-35-39-43-47-51-62-56(61)50-46-42-38-34-30-16-14-12-10-8-6-4-2/h24,27,44,48,53-54,58-59H,3-23,25-26,28-43,45-47,49-52H2,1-2H3,(H,57,60)/b27-24-,48-44+. The van der Waals surface area contributed by atoms with Gasteiger partial charge in [-0.2, -0.15) is 0 Å². The number of esters is 1. The Morgan fingerprint density at radius 2 is 0.758 bits per heavy atom. The van der Waals surface area contributed by atoms with E-state index in [2.05, 4.69) is 31.3 Å². The molecule has 0 heterocycles. The molecule has 0 aromatic heterocycles. The Morgan fingerprint density at radius 1 is 0.435 bits per heavy atom. The number of carbonyl (C=O) groups is 2. The number of ether oxygens (including phenoxy) is 1. The van der Waals surface area contributed by atoms with Crippen LogP contribution in [0.1, 0.15) is 296 Å². The number of amides is 1. The lowest BCUT2D eigenvalue weighted by Crippen LogP contribution is -2.45. The van der Waals surface area contributed by atoms with E-state index in [0.29, 0.717) is 19.4 Å². The molecule has 0 bridgehead atoms. The molecule has 0 spiro atoms. The highest BCUT2D eigenvalue weighted by Crippen LogP contribution is 2.16. The van der Waals surface area contributed by atoms with Crippen molar-refractivity contribution in [2.75, 3.05) is 13.2 Å². The molecule has 0 rings (SSSR count). The maximum Gasteiger partial charge on any atom is 0.305 e. The Morgan fingerprint density at radius 3 is 1.15 bits per heavy atom. The van der Waals surface area contributed by atoms with E-state index in [0.717, 1.165) is 70.6 Å². The summed E-state index contributed by atoms with van der Waals surface area (Å²) in [5.74, 6) is -0.0919. The van der Waals surface area contributed by atoms with Crippen molar-refractivity contribution in [1.29, 1.82) is 0 Å². The SMILES string of the molecule is CCCCCCCCCCCCCCCCCC/C=C/C(O)C(CO)NC(=O)CCCCCCCCC/C=C\CCCCCCOC(=O)CCCCCCCCCCCCCC. The zero-order chi connectivity index (χ0) is 45.1. The van der Waals surface area contributed by atoms with Gasteiger partial charge in [-0.15, -0.1) is 0 Å². The van der Waals surface area contributed by atoms with Gasteiger partial charge in [-0.25, -0.2) is 0 Å². The maximum absolute atomic E-state index is 12.5. The minimum Gasteiger partial charge on any atom is -0.466 e. The van der Waals surface area contributed by atoms with Gasteiger partial charge in [0.05, 0.1) is 25.4 Å². The van der Waals surface area contributed by atoms with Gasteiger partial charge in [-0.3, -0.25) is 9.59 Å². The summed E-state index contributed by atoms with van der Waals surface area (Å²) in [5.41, 5.74) is 0. The zero-order valence-electron chi connectivity index (χ0n) is 41.6. The highest BCUT2D eigenvalue weighted by Gasteiger charge is 2.18. The van der Waals surface area contributed by atoms with Crippen molar-refractivity contribution in [2.24, 2.45) is 0 Å². The minimum absolute atomic E-state index is 0.0105. The van der Waals surface area contributed by atoms with E-state index in [1.165, 1.54) is 199 Å². The summed E-state index contributed by atoms with van der Waals surface area (Å²) in [5, 5.41) is 23.1. The molecule has 0 aliphatic carbocycles. The maximum atomic E-state index is 12.5. The lowest BCUT2D eigenvalue weighted by Gasteiger charge is -2.20. The summed E-state index contributed by atoms with van der Waals surface area (Å²) >= 11 is 0. The molecule has 0 fully saturated rings. The Labute approximate surface area is 386 Å². The number of rotatable bonds is 51. The molecule has 2 unspecified atom stereocenters. The van der Waals surface area contributed by atoms with Gasteiger partial charge in [0.2, 0.25) is 5.91 Å². The summed E-state index contributed by atoms with van der Waals surface area (Å²) in [6.45, 7) is 4.88. The molecule has 1 amide bonds. The normalized spacial score (nSPS) is 12.8. The van der Waals surface area contributed by atoms with Gasteiger partial charge in [0, 0.05) is 12.8 Å². The van der Waals surface area contributed by atoms with E-state index in [1.54, 1.807) is 6.08 Å². The van der Waals surface area contributed by atoms with Crippen molar-refractivity contribution >= 4 is 11.9 Å². The molecule has 62 heavy (non-hydrogen) atoms. The third-order valence-electron chi connectivity index (χ3n) is 12.7. The average Bonchev–Trinajstić information content (AvgIpc) is 3.27. The summed E-state index contributed by atoms with van der Waals surface area (Å²) in [4.78, 5) is 24.4. The molecule has 0 aliphatic heterocycles. The fourth-order valence-corrected chi connectivity index (χ4v) is 8.45. The molecule has 6 heteroatoms. The Hall–Kier alpha value is -1.66. The quantitative estimate of drug-likeness (QED) is 0.0321. The van der Waals surface area contributed by atoms with Crippen LogP contribution in [-0.2, 0) is 14.3 Å². The van der Waals surface area contributed by atoms with E-state index in [1.807, 2.05) is 6.08 Å². The van der Waals surface area contributed by atoms with E-state index in [4.69, 9.17) is 4.74 Å². The first-order valence-corrected chi connectivity index (χ1v) is 27.6. The molecule has 0 radical (unpaired) electrons. The fraction of sp³-hybridized carbons (Fsp3) is 0.893. The number of aliphatic hydroxyl groups is 2. The van der Waals surface area contributed by atoms with Gasteiger partial charge < -0.3 is 20.3 Å². The van der Waals surface area contributed by atoms with Crippen LogP contribution in [0.4, 0.5) is 0 Å². The van der Waals surface area contributed by atoms with Crippen LogP contribution in [0, 0.1) is 0 Å². The summed E-state index contributed by atoms with van der Waals surface area (Å²) < 4.78 is 5.45. The van der Waals surface area contributed by atoms with E-state index in [9.17, 15) is 19.8 Å². The van der Waals surface area contributed by atoms with Gasteiger partial charge in [-0.1, -0.05) is 250 Å². The monoisotopic (exact) mass is 874 g/mol. The molecular formula is C56H107NO5. The van der Waals surface area contributed by atoms with Gasteiger partial charge in [0.15, 0.2) is 0 Å². The molecule has 2 atom stereocenters. The van der Waals surface area contributed by atoms with E-state index in [-0.39, 0.29) is 18.5 Å². The summed E-state index contributed by atoms with van der Waals surface area (Å²) in [7, 11) is 0.